The monoisotopic (exact) mass is 416 g/mol. The molecular formula is C21H21FN2O4S. The lowest BCUT2D eigenvalue weighted by Crippen LogP contribution is -2.25. The van der Waals surface area contributed by atoms with Crippen molar-refractivity contribution < 1.29 is 23.4 Å². The third kappa shape index (κ3) is 5.03. The van der Waals surface area contributed by atoms with Crippen LogP contribution in [0.15, 0.2) is 41.8 Å². The summed E-state index contributed by atoms with van der Waals surface area (Å²) >= 11 is 1.42. The van der Waals surface area contributed by atoms with Gasteiger partial charge in [0.2, 0.25) is 5.91 Å². The number of rotatable bonds is 8. The fraction of sp³-hybridized carbons (Fsp3) is 0.238. The molecule has 3 rings (SSSR count). The van der Waals surface area contributed by atoms with Crippen LogP contribution in [0.2, 0.25) is 0 Å². The Hall–Kier alpha value is -3.13. The molecular weight excluding hydrogens is 395 g/mol. The van der Waals surface area contributed by atoms with Gasteiger partial charge in [0.05, 0.1) is 33.4 Å². The van der Waals surface area contributed by atoms with E-state index in [4.69, 9.17) is 14.2 Å². The van der Waals surface area contributed by atoms with Gasteiger partial charge in [0.15, 0.2) is 11.5 Å². The Bertz CT molecular complexity index is 989. The van der Waals surface area contributed by atoms with Crippen LogP contribution in [0.5, 0.6) is 17.2 Å². The van der Waals surface area contributed by atoms with E-state index >= 15 is 0 Å². The summed E-state index contributed by atoms with van der Waals surface area (Å²) in [4.78, 5) is 16.8. The van der Waals surface area contributed by atoms with Gasteiger partial charge >= 0.3 is 0 Å². The number of thiazole rings is 1. The molecule has 2 aromatic carbocycles. The molecule has 0 saturated heterocycles. The number of hydrogen-bond acceptors (Lipinski definition) is 6. The van der Waals surface area contributed by atoms with E-state index in [9.17, 15) is 9.18 Å². The van der Waals surface area contributed by atoms with Gasteiger partial charge in [-0.05, 0) is 30.3 Å². The van der Waals surface area contributed by atoms with Crippen molar-refractivity contribution in [3.63, 3.8) is 0 Å². The Labute approximate surface area is 172 Å². The predicted octanol–water partition coefficient (Wildman–Crippen LogP) is 3.83. The second kappa shape index (κ2) is 9.38. The molecule has 1 heterocycles. The number of hydrogen-bond donors (Lipinski definition) is 1. The van der Waals surface area contributed by atoms with Crippen LogP contribution >= 0.6 is 11.3 Å². The highest BCUT2D eigenvalue weighted by molar-refractivity contribution is 7.13. The first-order valence-corrected chi connectivity index (χ1v) is 9.68. The maximum absolute atomic E-state index is 13.1. The summed E-state index contributed by atoms with van der Waals surface area (Å²) in [5, 5.41) is 5.44. The standard InChI is InChI=1S/C21H21FN2O4S/c1-26-17-10-19(28-3)18(27-2)8-14(17)11-23-20(25)9-16-12-29-21(24-16)13-4-6-15(22)7-5-13/h4-8,10,12H,9,11H2,1-3H3,(H,23,25). The molecule has 0 radical (unpaired) electrons. The summed E-state index contributed by atoms with van der Waals surface area (Å²) in [6.07, 6.45) is 0.146. The maximum atomic E-state index is 13.1. The largest absolute Gasteiger partial charge is 0.496 e. The highest BCUT2D eigenvalue weighted by Crippen LogP contribution is 2.34. The minimum Gasteiger partial charge on any atom is -0.496 e. The van der Waals surface area contributed by atoms with Crippen LogP contribution < -0.4 is 19.5 Å². The Morgan fingerprint density at radius 1 is 1.03 bits per heavy atom. The van der Waals surface area contributed by atoms with Gasteiger partial charge in [0.25, 0.3) is 0 Å². The number of aromatic nitrogens is 1. The summed E-state index contributed by atoms with van der Waals surface area (Å²) < 4.78 is 29.0. The van der Waals surface area contributed by atoms with E-state index in [0.29, 0.717) is 22.9 Å². The number of benzene rings is 2. The topological polar surface area (TPSA) is 69.7 Å². The zero-order valence-corrected chi connectivity index (χ0v) is 17.1. The molecule has 1 N–H and O–H groups in total. The lowest BCUT2D eigenvalue weighted by atomic mass is 10.1. The molecule has 0 aliphatic heterocycles. The molecule has 6 nitrogen and oxygen atoms in total. The molecule has 0 atom stereocenters. The average molecular weight is 416 g/mol. The fourth-order valence-corrected chi connectivity index (χ4v) is 3.59. The number of amides is 1. The molecule has 8 heteroatoms. The van der Waals surface area contributed by atoms with Gasteiger partial charge in [0, 0.05) is 29.1 Å². The minimum absolute atomic E-state index is 0.146. The Morgan fingerprint density at radius 2 is 1.69 bits per heavy atom. The van der Waals surface area contributed by atoms with Gasteiger partial charge < -0.3 is 19.5 Å². The van der Waals surface area contributed by atoms with E-state index in [2.05, 4.69) is 10.3 Å². The van der Waals surface area contributed by atoms with Crippen LogP contribution in [-0.4, -0.2) is 32.2 Å². The first-order valence-electron chi connectivity index (χ1n) is 8.80. The van der Waals surface area contributed by atoms with Crippen molar-refractivity contribution in [2.45, 2.75) is 13.0 Å². The molecule has 152 valence electrons. The van der Waals surface area contributed by atoms with Gasteiger partial charge in [0.1, 0.15) is 16.6 Å². The quantitative estimate of drug-likeness (QED) is 0.604. The minimum atomic E-state index is -0.296. The molecule has 0 spiro atoms. The third-order valence-electron chi connectivity index (χ3n) is 4.25. The number of ether oxygens (including phenoxy) is 3. The highest BCUT2D eigenvalue weighted by atomic mass is 32.1. The average Bonchev–Trinajstić information content (AvgIpc) is 3.20. The summed E-state index contributed by atoms with van der Waals surface area (Å²) in [6, 6.07) is 9.60. The first kappa shape index (κ1) is 20.6. The smallest absolute Gasteiger partial charge is 0.226 e. The molecule has 1 aromatic heterocycles. The molecule has 3 aromatic rings. The van der Waals surface area contributed by atoms with Crippen molar-refractivity contribution in [1.29, 1.82) is 0 Å². The second-order valence-corrected chi connectivity index (χ2v) is 6.98. The maximum Gasteiger partial charge on any atom is 0.226 e. The second-order valence-electron chi connectivity index (χ2n) is 6.12. The normalized spacial score (nSPS) is 10.5. The molecule has 0 fully saturated rings. The van der Waals surface area contributed by atoms with Crippen LogP contribution in [0.25, 0.3) is 10.6 Å². The van der Waals surface area contributed by atoms with E-state index in [-0.39, 0.29) is 24.7 Å². The predicted molar refractivity (Wildman–Crippen MR) is 109 cm³/mol. The van der Waals surface area contributed by atoms with Gasteiger partial charge in [-0.3, -0.25) is 4.79 Å². The SMILES string of the molecule is COc1cc(OC)c(OC)cc1CNC(=O)Cc1csc(-c2ccc(F)cc2)n1. The zero-order valence-electron chi connectivity index (χ0n) is 16.3. The number of carbonyl (C=O) groups is 1. The van der Waals surface area contributed by atoms with E-state index in [1.54, 1.807) is 45.6 Å². The third-order valence-corrected chi connectivity index (χ3v) is 5.19. The van der Waals surface area contributed by atoms with E-state index in [1.807, 2.05) is 5.38 Å². The van der Waals surface area contributed by atoms with E-state index in [1.165, 1.54) is 23.5 Å². The van der Waals surface area contributed by atoms with E-state index in [0.717, 1.165) is 16.1 Å². The lowest BCUT2D eigenvalue weighted by molar-refractivity contribution is -0.120. The van der Waals surface area contributed by atoms with Crippen LogP contribution in [0.3, 0.4) is 0 Å². The number of halogens is 1. The van der Waals surface area contributed by atoms with Crippen molar-refractivity contribution >= 4 is 17.2 Å². The molecule has 0 bridgehead atoms. The van der Waals surface area contributed by atoms with Crippen molar-refractivity contribution in [2.75, 3.05) is 21.3 Å². The summed E-state index contributed by atoms with van der Waals surface area (Å²) in [5.74, 6) is 1.24. The van der Waals surface area contributed by atoms with Crippen LogP contribution in [-0.2, 0) is 17.8 Å². The molecule has 0 saturated carbocycles. The van der Waals surface area contributed by atoms with Gasteiger partial charge in [-0.25, -0.2) is 9.37 Å². The van der Waals surface area contributed by atoms with Gasteiger partial charge in [-0.2, -0.15) is 0 Å². The van der Waals surface area contributed by atoms with Gasteiger partial charge in [-0.1, -0.05) is 0 Å². The molecule has 0 aliphatic carbocycles. The number of nitrogens with zero attached hydrogens (tertiary/aromatic N) is 1. The summed E-state index contributed by atoms with van der Waals surface area (Å²) in [5.41, 5.74) is 2.24. The number of methoxy groups -OCH3 is 3. The van der Waals surface area contributed by atoms with Crippen molar-refractivity contribution in [1.82, 2.24) is 10.3 Å². The highest BCUT2D eigenvalue weighted by Gasteiger charge is 2.14. The summed E-state index contributed by atoms with van der Waals surface area (Å²) in [7, 11) is 4.65. The molecule has 1 amide bonds. The van der Waals surface area contributed by atoms with Crippen LogP contribution in [0.1, 0.15) is 11.3 Å². The first-order chi connectivity index (χ1) is 14.0. The van der Waals surface area contributed by atoms with Crippen molar-refractivity contribution in [3.05, 3.63) is 58.9 Å². The van der Waals surface area contributed by atoms with Crippen LogP contribution in [0, 0.1) is 5.82 Å². The zero-order chi connectivity index (χ0) is 20.8. The summed E-state index contributed by atoms with van der Waals surface area (Å²) in [6.45, 7) is 0.275. The van der Waals surface area contributed by atoms with Crippen LogP contribution in [0.4, 0.5) is 4.39 Å². The Morgan fingerprint density at radius 3 is 2.34 bits per heavy atom. The fourth-order valence-electron chi connectivity index (χ4n) is 2.76. The molecule has 29 heavy (non-hydrogen) atoms. The Balaban J connectivity index is 1.64. The number of nitrogens with one attached hydrogen (secondary N) is 1. The lowest BCUT2D eigenvalue weighted by Gasteiger charge is -2.14. The van der Waals surface area contributed by atoms with Crippen molar-refractivity contribution in [2.24, 2.45) is 0 Å². The number of carbonyl (C=O) groups excluding carboxylic acids is 1. The van der Waals surface area contributed by atoms with Gasteiger partial charge in [-0.15, -0.1) is 11.3 Å². The van der Waals surface area contributed by atoms with Crippen molar-refractivity contribution in [3.8, 4) is 27.8 Å². The molecule has 0 unspecified atom stereocenters. The van der Waals surface area contributed by atoms with E-state index < -0.39 is 0 Å². The molecule has 0 aliphatic rings. The Kier molecular flexibility index (Phi) is 6.66.